The summed E-state index contributed by atoms with van der Waals surface area (Å²) in [6.07, 6.45) is 4.57. The van der Waals surface area contributed by atoms with Gasteiger partial charge in [-0.3, -0.25) is 9.78 Å². The van der Waals surface area contributed by atoms with E-state index < -0.39 is 0 Å². The lowest BCUT2D eigenvalue weighted by molar-refractivity contribution is 0.0925. The van der Waals surface area contributed by atoms with Gasteiger partial charge in [-0.1, -0.05) is 0 Å². The Kier molecular flexibility index (Phi) is 5.66. The van der Waals surface area contributed by atoms with Crippen LogP contribution in [0.25, 0.3) is 0 Å². The number of benzene rings is 1. The van der Waals surface area contributed by atoms with E-state index in [0.29, 0.717) is 18.8 Å². The molecule has 3 rings (SSSR count). The Bertz CT molecular complexity index is 686. The molecule has 1 fully saturated rings. The maximum atomic E-state index is 12.5. The fourth-order valence-corrected chi connectivity index (χ4v) is 2.99. The number of hydrogen-bond donors (Lipinski definition) is 1. The number of aromatic nitrogens is 1. The number of ether oxygens (including phenoxy) is 2. The van der Waals surface area contributed by atoms with Crippen molar-refractivity contribution in [2.75, 3.05) is 13.2 Å². The molecule has 0 radical (unpaired) electrons. The van der Waals surface area contributed by atoms with Crippen LogP contribution in [0.4, 0.5) is 0 Å². The number of rotatable bonds is 6. The first kappa shape index (κ1) is 17.4. The zero-order chi connectivity index (χ0) is 17.6. The molecule has 1 N–H and O–H groups in total. The van der Waals surface area contributed by atoms with Crippen LogP contribution in [0.2, 0.25) is 0 Å². The number of amides is 1. The molecule has 1 amide bonds. The number of pyridine rings is 1. The van der Waals surface area contributed by atoms with Crippen LogP contribution < -0.4 is 10.1 Å². The van der Waals surface area contributed by atoms with Crippen LogP contribution in [0, 0.1) is 5.92 Å². The van der Waals surface area contributed by atoms with E-state index in [1.165, 1.54) is 5.56 Å². The zero-order valence-corrected chi connectivity index (χ0v) is 14.6. The highest BCUT2D eigenvalue weighted by Gasteiger charge is 2.29. The van der Waals surface area contributed by atoms with Crippen molar-refractivity contribution in [3.05, 3.63) is 59.9 Å². The van der Waals surface area contributed by atoms with Crippen molar-refractivity contribution in [1.82, 2.24) is 10.3 Å². The van der Waals surface area contributed by atoms with Crippen LogP contribution in [-0.4, -0.2) is 36.3 Å². The third-order valence-electron chi connectivity index (χ3n) is 4.25. The Morgan fingerprint density at radius 1 is 1.20 bits per heavy atom. The molecule has 2 aromatic rings. The van der Waals surface area contributed by atoms with E-state index in [4.69, 9.17) is 9.47 Å². The first-order valence-electron chi connectivity index (χ1n) is 8.66. The minimum Gasteiger partial charge on any atom is -0.491 e. The molecule has 2 heterocycles. The van der Waals surface area contributed by atoms with E-state index in [0.717, 1.165) is 12.2 Å². The van der Waals surface area contributed by atoms with Crippen molar-refractivity contribution >= 4 is 5.91 Å². The van der Waals surface area contributed by atoms with E-state index in [1.54, 1.807) is 24.5 Å². The van der Waals surface area contributed by atoms with Gasteiger partial charge in [0.05, 0.1) is 25.4 Å². The number of nitrogens with one attached hydrogen (secondary N) is 1. The zero-order valence-electron chi connectivity index (χ0n) is 14.6. The van der Waals surface area contributed by atoms with Gasteiger partial charge in [-0.15, -0.1) is 0 Å². The summed E-state index contributed by atoms with van der Waals surface area (Å²) >= 11 is 0. The molecule has 1 saturated heterocycles. The molecule has 1 aromatic carbocycles. The topological polar surface area (TPSA) is 60.5 Å². The molecule has 0 aliphatic carbocycles. The molecule has 0 unspecified atom stereocenters. The van der Waals surface area contributed by atoms with Crippen molar-refractivity contribution in [2.24, 2.45) is 5.92 Å². The highest BCUT2D eigenvalue weighted by molar-refractivity contribution is 5.94. The minimum atomic E-state index is -0.0775. The first-order valence-corrected chi connectivity index (χ1v) is 8.66. The van der Waals surface area contributed by atoms with Crippen LogP contribution in [0.15, 0.2) is 48.8 Å². The van der Waals surface area contributed by atoms with Gasteiger partial charge in [-0.2, -0.15) is 0 Å². The second kappa shape index (κ2) is 8.12. The number of hydrogen-bond acceptors (Lipinski definition) is 4. The molecule has 0 spiro atoms. The van der Waals surface area contributed by atoms with E-state index in [2.05, 4.69) is 10.3 Å². The van der Waals surface area contributed by atoms with Crippen LogP contribution in [0.3, 0.4) is 0 Å². The standard InChI is InChI=1S/C20H24N2O3/c1-14(2)25-18-5-3-16(4-6-18)20(23)22-19-13-24-12-17(19)11-15-7-9-21-10-8-15/h3-10,14,17,19H,11-13H2,1-2H3,(H,22,23)/t17-,19+/m1/s1. The summed E-state index contributed by atoms with van der Waals surface area (Å²) in [5, 5.41) is 3.11. The summed E-state index contributed by atoms with van der Waals surface area (Å²) < 4.78 is 11.2. The maximum Gasteiger partial charge on any atom is 0.251 e. The largest absolute Gasteiger partial charge is 0.491 e. The monoisotopic (exact) mass is 340 g/mol. The van der Waals surface area contributed by atoms with Crippen molar-refractivity contribution < 1.29 is 14.3 Å². The normalized spacial score (nSPS) is 19.8. The summed E-state index contributed by atoms with van der Waals surface area (Å²) in [5.41, 5.74) is 1.84. The van der Waals surface area contributed by atoms with Crippen LogP contribution in [0.5, 0.6) is 5.75 Å². The summed E-state index contributed by atoms with van der Waals surface area (Å²) in [5.74, 6) is 0.965. The van der Waals surface area contributed by atoms with Gasteiger partial charge >= 0.3 is 0 Å². The Morgan fingerprint density at radius 2 is 1.92 bits per heavy atom. The predicted molar refractivity (Wildman–Crippen MR) is 95.7 cm³/mol. The van der Waals surface area contributed by atoms with Gasteiger partial charge in [0.1, 0.15) is 5.75 Å². The predicted octanol–water partition coefficient (Wildman–Crippen LogP) is 2.86. The van der Waals surface area contributed by atoms with Crippen molar-refractivity contribution in [3.8, 4) is 5.75 Å². The molecule has 1 aliphatic rings. The summed E-state index contributed by atoms with van der Waals surface area (Å²) in [7, 11) is 0. The molecular formula is C20H24N2O3. The second-order valence-electron chi connectivity index (χ2n) is 6.63. The molecular weight excluding hydrogens is 316 g/mol. The molecule has 25 heavy (non-hydrogen) atoms. The fourth-order valence-electron chi connectivity index (χ4n) is 2.99. The smallest absolute Gasteiger partial charge is 0.251 e. The van der Waals surface area contributed by atoms with Crippen molar-refractivity contribution in [2.45, 2.75) is 32.4 Å². The third-order valence-corrected chi connectivity index (χ3v) is 4.25. The summed E-state index contributed by atoms with van der Waals surface area (Å²) in [6.45, 7) is 5.16. The third kappa shape index (κ3) is 4.79. The Hall–Kier alpha value is -2.40. The number of carbonyl (C=O) groups excluding carboxylic acids is 1. The van der Waals surface area contributed by atoms with Crippen LogP contribution >= 0.6 is 0 Å². The first-order chi connectivity index (χ1) is 12.1. The van der Waals surface area contributed by atoms with Gasteiger partial charge in [0, 0.05) is 23.9 Å². The van der Waals surface area contributed by atoms with Crippen LogP contribution in [0.1, 0.15) is 29.8 Å². The lowest BCUT2D eigenvalue weighted by Gasteiger charge is -2.19. The van der Waals surface area contributed by atoms with Crippen molar-refractivity contribution in [1.29, 1.82) is 0 Å². The Morgan fingerprint density at radius 3 is 2.60 bits per heavy atom. The maximum absolute atomic E-state index is 12.5. The van der Waals surface area contributed by atoms with Gasteiger partial charge < -0.3 is 14.8 Å². The second-order valence-corrected chi connectivity index (χ2v) is 6.63. The Balaban J connectivity index is 1.59. The van der Waals surface area contributed by atoms with Gasteiger partial charge in [-0.05, 0) is 62.2 Å². The van der Waals surface area contributed by atoms with E-state index in [-0.39, 0.29) is 24.0 Å². The highest BCUT2D eigenvalue weighted by Crippen LogP contribution is 2.20. The van der Waals surface area contributed by atoms with E-state index in [1.807, 2.05) is 38.1 Å². The molecule has 1 aliphatic heterocycles. The highest BCUT2D eigenvalue weighted by atomic mass is 16.5. The average molecular weight is 340 g/mol. The molecule has 0 bridgehead atoms. The minimum absolute atomic E-state index is 0.0206. The number of nitrogens with zero attached hydrogens (tertiary/aromatic N) is 1. The van der Waals surface area contributed by atoms with Gasteiger partial charge in [0.25, 0.3) is 5.91 Å². The molecule has 5 heteroatoms. The SMILES string of the molecule is CC(C)Oc1ccc(C(=O)N[C@H]2COC[C@H]2Cc2ccncc2)cc1. The van der Waals surface area contributed by atoms with Crippen LogP contribution in [-0.2, 0) is 11.2 Å². The number of carbonyl (C=O) groups is 1. The molecule has 5 nitrogen and oxygen atoms in total. The summed E-state index contributed by atoms with van der Waals surface area (Å²) in [6, 6.07) is 11.3. The van der Waals surface area contributed by atoms with Gasteiger partial charge in [0.2, 0.25) is 0 Å². The lowest BCUT2D eigenvalue weighted by atomic mass is 9.95. The van der Waals surface area contributed by atoms with Gasteiger partial charge in [0.15, 0.2) is 0 Å². The molecule has 0 saturated carbocycles. The Labute approximate surface area is 148 Å². The quantitative estimate of drug-likeness (QED) is 0.878. The average Bonchev–Trinajstić information content (AvgIpc) is 3.02. The van der Waals surface area contributed by atoms with E-state index >= 15 is 0 Å². The van der Waals surface area contributed by atoms with E-state index in [9.17, 15) is 4.79 Å². The van der Waals surface area contributed by atoms with Crippen molar-refractivity contribution in [3.63, 3.8) is 0 Å². The van der Waals surface area contributed by atoms with Gasteiger partial charge in [-0.25, -0.2) is 0 Å². The molecule has 1 aromatic heterocycles. The lowest BCUT2D eigenvalue weighted by Crippen LogP contribution is -2.40. The fraction of sp³-hybridized carbons (Fsp3) is 0.400. The summed E-state index contributed by atoms with van der Waals surface area (Å²) in [4.78, 5) is 16.6. The molecule has 2 atom stereocenters. The molecule has 132 valence electrons.